The molecule has 94 valence electrons. The summed E-state index contributed by atoms with van der Waals surface area (Å²) in [6.45, 7) is 3.88. The molecule has 1 fully saturated rings. The maximum absolute atomic E-state index is 11.9. The average Bonchev–Trinajstić information content (AvgIpc) is 2.33. The number of amides is 1. The second-order valence-electron chi connectivity index (χ2n) is 4.40. The molecule has 2 rings (SSSR count). The van der Waals surface area contributed by atoms with Crippen LogP contribution in [0.3, 0.4) is 0 Å². The lowest BCUT2D eigenvalue weighted by Crippen LogP contribution is -2.37. The first-order chi connectivity index (χ1) is 7.75. The second kappa shape index (κ2) is 6.62. The van der Waals surface area contributed by atoms with Crippen LogP contribution in [0.25, 0.3) is 0 Å². The van der Waals surface area contributed by atoms with E-state index in [0.717, 1.165) is 31.6 Å². The van der Waals surface area contributed by atoms with Crippen molar-refractivity contribution in [2.45, 2.75) is 19.8 Å². The number of hydrogen-bond acceptors (Lipinski definition) is 2. The Morgan fingerprint density at radius 2 is 2.06 bits per heavy atom. The molecule has 1 saturated heterocycles. The zero-order valence-electron chi connectivity index (χ0n) is 10.0. The molecule has 0 spiro atoms. The van der Waals surface area contributed by atoms with Gasteiger partial charge in [0, 0.05) is 12.2 Å². The fourth-order valence-corrected chi connectivity index (χ4v) is 1.96. The van der Waals surface area contributed by atoms with Crippen molar-refractivity contribution in [1.82, 2.24) is 5.32 Å². The highest BCUT2D eigenvalue weighted by Crippen LogP contribution is 2.14. The smallest absolute Gasteiger partial charge is 0.228 e. The third-order valence-corrected chi connectivity index (χ3v) is 2.99. The van der Waals surface area contributed by atoms with Gasteiger partial charge in [-0.25, -0.2) is 0 Å². The summed E-state index contributed by atoms with van der Waals surface area (Å²) in [6, 6.07) is 7.91. The summed E-state index contributed by atoms with van der Waals surface area (Å²) in [6.07, 6.45) is 2.08. The van der Waals surface area contributed by atoms with Crippen molar-refractivity contribution < 1.29 is 4.79 Å². The highest BCUT2D eigenvalue weighted by molar-refractivity contribution is 5.92. The van der Waals surface area contributed by atoms with Crippen LogP contribution in [0, 0.1) is 12.8 Å². The molecule has 1 aliphatic heterocycles. The summed E-state index contributed by atoms with van der Waals surface area (Å²) in [5, 5.41) is 6.21. The van der Waals surface area contributed by atoms with Crippen molar-refractivity contribution in [3.8, 4) is 0 Å². The van der Waals surface area contributed by atoms with Gasteiger partial charge in [-0.3, -0.25) is 4.79 Å². The van der Waals surface area contributed by atoms with Crippen LogP contribution >= 0.6 is 12.4 Å². The fraction of sp³-hybridized carbons (Fsp3) is 0.462. The van der Waals surface area contributed by atoms with Gasteiger partial charge in [0.15, 0.2) is 0 Å². The lowest BCUT2D eigenvalue weighted by Gasteiger charge is -2.21. The van der Waals surface area contributed by atoms with E-state index in [9.17, 15) is 4.79 Å². The van der Waals surface area contributed by atoms with Gasteiger partial charge in [-0.2, -0.15) is 0 Å². The molecule has 1 aromatic rings. The van der Waals surface area contributed by atoms with Crippen LogP contribution in [-0.2, 0) is 4.79 Å². The molecule has 3 nitrogen and oxygen atoms in total. The topological polar surface area (TPSA) is 41.1 Å². The Bertz CT molecular complexity index is 358. The molecule has 0 unspecified atom stereocenters. The van der Waals surface area contributed by atoms with Crippen LogP contribution in [-0.4, -0.2) is 19.0 Å². The maximum Gasteiger partial charge on any atom is 0.228 e. The zero-order chi connectivity index (χ0) is 11.4. The Labute approximate surface area is 108 Å². The first kappa shape index (κ1) is 14.0. The standard InChI is InChI=1S/C13H18N2O.ClH/c1-10-4-6-12(7-5-10)15-13(16)11-3-2-8-14-9-11;/h4-7,11,14H,2-3,8-9H2,1H3,(H,15,16);1H/t11-;/m0./s1. The van der Waals surface area contributed by atoms with E-state index in [1.54, 1.807) is 0 Å². The van der Waals surface area contributed by atoms with Crippen LogP contribution < -0.4 is 10.6 Å². The number of anilines is 1. The van der Waals surface area contributed by atoms with Crippen LogP contribution in [0.2, 0.25) is 0 Å². The van der Waals surface area contributed by atoms with E-state index in [2.05, 4.69) is 10.6 Å². The number of benzene rings is 1. The van der Waals surface area contributed by atoms with Gasteiger partial charge in [0.25, 0.3) is 0 Å². The van der Waals surface area contributed by atoms with E-state index in [1.807, 2.05) is 31.2 Å². The van der Waals surface area contributed by atoms with Crippen LogP contribution in [0.1, 0.15) is 18.4 Å². The molecule has 17 heavy (non-hydrogen) atoms. The highest BCUT2D eigenvalue weighted by Gasteiger charge is 2.20. The predicted molar refractivity (Wildman–Crippen MR) is 72.7 cm³/mol. The minimum absolute atomic E-state index is 0. The third kappa shape index (κ3) is 4.02. The van der Waals surface area contributed by atoms with E-state index in [-0.39, 0.29) is 24.2 Å². The van der Waals surface area contributed by atoms with Gasteiger partial charge in [-0.1, -0.05) is 17.7 Å². The molecule has 0 aliphatic carbocycles. The molecule has 0 saturated carbocycles. The number of nitrogens with one attached hydrogen (secondary N) is 2. The number of hydrogen-bond donors (Lipinski definition) is 2. The van der Waals surface area contributed by atoms with Gasteiger partial charge in [-0.15, -0.1) is 12.4 Å². The van der Waals surface area contributed by atoms with Crippen molar-refractivity contribution >= 4 is 24.0 Å². The summed E-state index contributed by atoms with van der Waals surface area (Å²) in [7, 11) is 0. The monoisotopic (exact) mass is 254 g/mol. The number of piperidine rings is 1. The minimum atomic E-state index is 0. The SMILES string of the molecule is Cc1ccc(NC(=O)[C@H]2CCCNC2)cc1.Cl. The van der Waals surface area contributed by atoms with E-state index in [0.29, 0.717) is 0 Å². The maximum atomic E-state index is 11.9. The third-order valence-electron chi connectivity index (χ3n) is 2.99. The molecular formula is C13H19ClN2O. The Hall–Kier alpha value is -1.06. The largest absolute Gasteiger partial charge is 0.326 e. The number of halogens is 1. The van der Waals surface area contributed by atoms with Gasteiger partial charge in [-0.05, 0) is 38.4 Å². The summed E-state index contributed by atoms with van der Waals surface area (Å²) in [5.41, 5.74) is 2.10. The normalized spacial score (nSPS) is 19.2. The highest BCUT2D eigenvalue weighted by atomic mass is 35.5. The molecule has 1 heterocycles. The van der Waals surface area contributed by atoms with Gasteiger partial charge < -0.3 is 10.6 Å². The molecule has 1 atom stereocenters. The molecule has 1 aromatic carbocycles. The average molecular weight is 255 g/mol. The molecule has 1 aliphatic rings. The Morgan fingerprint density at radius 3 is 2.65 bits per heavy atom. The van der Waals surface area contributed by atoms with Crippen LogP contribution in [0.5, 0.6) is 0 Å². The molecule has 0 bridgehead atoms. The van der Waals surface area contributed by atoms with Gasteiger partial charge >= 0.3 is 0 Å². The van der Waals surface area contributed by atoms with Gasteiger partial charge in [0.1, 0.15) is 0 Å². The molecule has 4 heteroatoms. The Kier molecular flexibility index (Phi) is 5.45. The molecular weight excluding hydrogens is 236 g/mol. The number of carbonyl (C=O) groups is 1. The number of aryl methyl sites for hydroxylation is 1. The molecule has 2 N–H and O–H groups in total. The van der Waals surface area contributed by atoms with Gasteiger partial charge in [0.05, 0.1) is 5.92 Å². The summed E-state index contributed by atoms with van der Waals surface area (Å²) >= 11 is 0. The van der Waals surface area contributed by atoms with E-state index < -0.39 is 0 Å². The molecule has 0 aromatic heterocycles. The lowest BCUT2D eigenvalue weighted by molar-refractivity contribution is -0.120. The summed E-state index contributed by atoms with van der Waals surface area (Å²) in [4.78, 5) is 11.9. The van der Waals surface area contributed by atoms with Gasteiger partial charge in [0.2, 0.25) is 5.91 Å². The number of rotatable bonds is 2. The van der Waals surface area contributed by atoms with Crippen molar-refractivity contribution in [2.24, 2.45) is 5.92 Å². The number of carbonyl (C=O) groups excluding carboxylic acids is 1. The van der Waals surface area contributed by atoms with E-state index in [4.69, 9.17) is 0 Å². The van der Waals surface area contributed by atoms with Crippen molar-refractivity contribution in [2.75, 3.05) is 18.4 Å². The van der Waals surface area contributed by atoms with E-state index in [1.165, 1.54) is 5.56 Å². The lowest BCUT2D eigenvalue weighted by atomic mass is 9.99. The molecule has 1 amide bonds. The quantitative estimate of drug-likeness (QED) is 0.851. The molecule has 0 radical (unpaired) electrons. The summed E-state index contributed by atoms with van der Waals surface area (Å²) in [5.74, 6) is 0.256. The zero-order valence-corrected chi connectivity index (χ0v) is 10.8. The van der Waals surface area contributed by atoms with Crippen molar-refractivity contribution in [3.63, 3.8) is 0 Å². The Balaban J connectivity index is 0.00000144. The Morgan fingerprint density at radius 1 is 1.35 bits per heavy atom. The second-order valence-corrected chi connectivity index (χ2v) is 4.40. The fourth-order valence-electron chi connectivity index (χ4n) is 1.96. The van der Waals surface area contributed by atoms with Crippen LogP contribution in [0.15, 0.2) is 24.3 Å². The van der Waals surface area contributed by atoms with E-state index >= 15 is 0 Å². The first-order valence-corrected chi connectivity index (χ1v) is 5.84. The first-order valence-electron chi connectivity index (χ1n) is 5.84. The summed E-state index contributed by atoms with van der Waals surface area (Å²) < 4.78 is 0. The predicted octanol–water partition coefficient (Wildman–Crippen LogP) is 2.35. The minimum Gasteiger partial charge on any atom is -0.326 e. The van der Waals surface area contributed by atoms with Crippen molar-refractivity contribution in [3.05, 3.63) is 29.8 Å². The van der Waals surface area contributed by atoms with Crippen LogP contribution in [0.4, 0.5) is 5.69 Å². The van der Waals surface area contributed by atoms with Crippen molar-refractivity contribution in [1.29, 1.82) is 0 Å².